The molecule has 0 bridgehead atoms. The van der Waals surface area contributed by atoms with E-state index in [4.69, 9.17) is 9.15 Å². The highest BCUT2D eigenvalue weighted by Crippen LogP contribution is 2.19. The summed E-state index contributed by atoms with van der Waals surface area (Å²) in [6, 6.07) is 11.9. The van der Waals surface area contributed by atoms with Crippen molar-refractivity contribution in [1.29, 1.82) is 0 Å². The van der Waals surface area contributed by atoms with E-state index in [9.17, 15) is 0 Å². The number of hydrogen-bond donors (Lipinski definition) is 0. The van der Waals surface area contributed by atoms with Crippen molar-refractivity contribution >= 4 is 0 Å². The molecule has 1 aromatic carbocycles. The Morgan fingerprint density at radius 3 is 2.92 bits per heavy atom. The molecule has 124 valence electrons. The number of ether oxygens (including phenoxy) is 1. The second kappa shape index (κ2) is 6.98. The summed E-state index contributed by atoms with van der Waals surface area (Å²) in [7, 11) is 0. The van der Waals surface area contributed by atoms with Crippen LogP contribution in [0.5, 0.6) is 0 Å². The molecule has 0 N–H and O–H groups in total. The molecule has 0 amide bonds. The smallest absolute Gasteiger partial charge is 0.226 e. The van der Waals surface area contributed by atoms with Crippen molar-refractivity contribution in [2.75, 3.05) is 19.7 Å². The van der Waals surface area contributed by atoms with Crippen LogP contribution in [0.15, 0.2) is 59.5 Å². The van der Waals surface area contributed by atoms with E-state index in [1.807, 2.05) is 47.3 Å². The summed E-state index contributed by atoms with van der Waals surface area (Å²) in [6.07, 6.45) is 5.66. The minimum atomic E-state index is 0.152. The molecule has 6 heteroatoms. The van der Waals surface area contributed by atoms with E-state index in [-0.39, 0.29) is 6.10 Å². The van der Waals surface area contributed by atoms with Crippen molar-refractivity contribution in [2.24, 2.45) is 0 Å². The summed E-state index contributed by atoms with van der Waals surface area (Å²) < 4.78 is 13.4. The highest BCUT2D eigenvalue weighted by atomic mass is 16.5. The van der Waals surface area contributed by atoms with Crippen LogP contribution in [-0.2, 0) is 17.8 Å². The topological polar surface area (TPSA) is 56.3 Å². The van der Waals surface area contributed by atoms with Crippen molar-refractivity contribution in [2.45, 2.75) is 19.2 Å². The number of morpholine rings is 1. The Balaban J connectivity index is 1.37. The largest absolute Gasteiger partial charge is 0.444 e. The molecule has 1 atom stereocenters. The fourth-order valence-electron chi connectivity index (χ4n) is 2.97. The summed E-state index contributed by atoms with van der Waals surface area (Å²) in [4.78, 5) is 6.96. The van der Waals surface area contributed by atoms with E-state index in [0.29, 0.717) is 5.89 Å². The van der Waals surface area contributed by atoms with Gasteiger partial charge in [0.05, 0.1) is 24.9 Å². The first-order valence-corrected chi connectivity index (χ1v) is 8.18. The van der Waals surface area contributed by atoms with E-state index in [0.717, 1.165) is 44.0 Å². The van der Waals surface area contributed by atoms with Gasteiger partial charge in [-0.2, -0.15) is 5.10 Å². The van der Waals surface area contributed by atoms with E-state index >= 15 is 0 Å². The number of benzene rings is 1. The van der Waals surface area contributed by atoms with Crippen LogP contribution in [0.4, 0.5) is 0 Å². The molecule has 0 aliphatic carbocycles. The molecule has 0 radical (unpaired) electrons. The van der Waals surface area contributed by atoms with Gasteiger partial charge in [0, 0.05) is 37.6 Å². The SMILES string of the molecule is c1ccc(-c2nc(CN3CCOC(Cn4cccn4)C3)co2)cc1. The zero-order valence-corrected chi connectivity index (χ0v) is 13.4. The maximum Gasteiger partial charge on any atom is 0.226 e. The molecule has 3 heterocycles. The number of nitrogens with zero attached hydrogens (tertiary/aromatic N) is 4. The summed E-state index contributed by atoms with van der Waals surface area (Å²) >= 11 is 0. The Hall–Kier alpha value is -2.44. The summed E-state index contributed by atoms with van der Waals surface area (Å²) in [5, 5.41) is 4.25. The van der Waals surface area contributed by atoms with Crippen molar-refractivity contribution in [1.82, 2.24) is 19.7 Å². The highest BCUT2D eigenvalue weighted by molar-refractivity contribution is 5.52. The lowest BCUT2D eigenvalue weighted by Crippen LogP contribution is -2.43. The number of oxazole rings is 1. The third-order valence-electron chi connectivity index (χ3n) is 4.13. The summed E-state index contributed by atoms with van der Waals surface area (Å²) in [5.74, 6) is 0.673. The van der Waals surface area contributed by atoms with Gasteiger partial charge in [0.2, 0.25) is 5.89 Å². The van der Waals surface area contributed by atoms with Gasteiger partial charge >= 0.3 is 0 Å². The number of rotatable bonds is 5. The van der Waals surface area contributed by atoms with Gasteiger partial charge in [0.15, 0.2) is 0 Å². The molecule has 2 aromatic heterocycles. The van der Waals surface area contributed by atoms with Crippen LogP contribution in [0, 0.1) is 0 Å². The predicted molar refractivity (Wildman–Crippen MR) is 89.2 cm³/mol. The van der Waals surface area contributed by atoms with Crippen molar-refractivity contribution in [3.8, 4) is 11.5 Å². The zero-order valence-electron chi connectivity index (χ0n) is 13.4. The Morgan fingerprint density at radius 1 is 1.17 bits per heavy atom. The van der Waals surface area contributed by atoms with Gasteiger partial charge in [0.25, 0.3) is 0 Å². The molecule has 24 heavy (non-hydrogen) atoms. The number of hydrogen-bond acceptors (Lipinski definition) is 5. The molecule has 6 nitrogen and oxygen atoms in total. The van der Waals surface area contributed by atoms with Gasteiger partial charge < -0.3 is 9.15 Å². The van der Waals surface area contributed by atoms with Crippen LogP contribution in [0.2, 0.25) is 0 Å². The average molecular weight is 324 g/mol. The highest BCUT2D eigenvalue weighted by Gasteiger charge is 2.22. The van der Waals surface area contributed by atoms with Crippen LogP contribution in [0.3, 0.4) is 0 Å². The average Bonchev–Trinajstić information content (AvgIpc) is 3.28. The lowest BCUT2D eigenvalue weighted by Gasteiger charge is -2.32. The Morgan fingerprint density at radius 2 is 2.08 bits per heavy atom. The second-order valence-electron chi connectivity index (χ2n) is 5.97. The molecule has 1 aliphatic rings. The second-order valence-corrected chi connectivity index (χ2v) is 5.97. The van der Waals surface area contributed by atoms with Crippen LogP contribution in [-0.4, -0.2) is 45.5 Å². The monoisotopic (exact) mass is 324 g/mol. The lowest BCUT2D eigenvalue weighted by molar-refractivity contribution is -0.0405. The number of aromatic nitrogens is 3. The molecular formula is C18H20N4O2. The minimum Gasteiger partial charge on any atom is -0.444 e. The van der Waals surface area contributed by atoms with Crippen molar-refractivity contribution in [3.05, 3.63) is 60.7 Å². The molecule has 1 fully saturated rings. The molecular weight excluding hydrogens is 304 g/mol. The van der Waals surface area contributed by atoms with E-state index < -0.39 is 0 Å². The molecule has 1 aliphatic heterocycles. The Bertz CT molecular complexity index is 754. The summed E-state index contributed by atoms with van der Waals surface area (Å²) in [6.45, 7) is 4.05. The molecule has 0 saturated carbocycles. The summed E-state index contributed by atoms with van der Waals surface area (Å²) in [5.41, 5.74) is 1.95. The Labute approximate surface area is 140 Å². The first-order chi connectivity index (χ1) is 11.9. The molecule has 1 saturated heterocycles. The van der Waals surface area contributed by atoms with Crippen LogP contribution in [0.1, 0.15) is 5.69 Å². The molecule has 3 aromatic rings. The van der Waals surface area contributed by atoms with Gasteiger partial charge in [-0.15, -0.1) is 0 Å². The van der Waals surface area contributed by atoms with Gasteiger partial charge in [-0.3, -0.25) is 9.58 Å². The van der Waals surface area contributed by atoms with Crippen LogP contribution < -0.4 is 0 Å². The van der Waals surface area contributed by atoms with Crippen molar-refractivity contribution < 1.29 is 9.15 Å². The fourth-order valence-corrected chi connectivity index (χ4v) is 2.97. The lowest BCUT2D eigenvalue weighted by atomic mass is 10.2. The minimum absolute atomic E-state index is 0.152. The quantitative estimate of drug-likeness (QED) is 0.721. The predicted octanol–water partition coefficient (Wildman–Crippen LogP) is 2.44. The van der Waals surface area contributed by atoms with Gasteiger partial charge in [-0.1, -0.05) is 18.2 Å². The first kappa shape index (κ1) is 15.1. The molecule has 0 spiro atoms. The Kier molecular flexibility index (Phi) is 4.40. The van der Waals surface area contributed by atoms with Crippen molar-refractivity contribution in [3.63, 3.8) is 0 Å². The maximum absolute atomic E-state index is 5.85. The third-order valence-corrected chi connectivity index (χ3v) is 4.13. The van der Waals surface area contributed by atoms with Gasteiger partial charge in [0.1, 0.15) is 6.26 Å². The van der Waals surface area contributed by atoms with Gasteiger partial charge in [-0.05, 0) is 18.2 Å². The zero-order chi connectivity index (χ0) is 16.2. The first-order valence-electron chi connectivity index (χ1n) is 8.18. The third kappa shape index (κ3) is 3.55. The fraction of sp³-hybridized carbons (Fsp3) is 0.333. The normalized spacial score (nSPS) is 18.8. The van der Waals surface area contributed by atoms with E-state index in [1.165, 1.54) is 0 Å². The van der Waals surface area contributed by atoms with Crippen LogP contribution >= 0.6 is 0 Å². The maximum atomic E-state index is 5.85. The van der Waals surface area contributed by atoms with Gasteiger partial charge in [-0.25, -0.2) is 4.98 Å². The molecule has 1 unspecified atom stereocenters. The van der Waals surface area contributed by atoms with E-state index in [2.05, 4.69) is 15.0 Å². The standard InChI is InChI=1S/C18H20N4O2/c1-2-5-15(6-3-1)18-20-16(14-24-18)11-21-9-10-23-17(12-21)13-22-8-4-7-19-22/h1-8,14,17H,9-13H2. The van der Waals surface area contributed by atoms with E-state index in [1.54, 1.807) is 12.5 Å². The van der Waals surface area contributed by atoms with Crippen LogP contribution in [0.25, 0.3) is 11.5 Å². The molecule has 4 rings (SSSR count).